The van der Waals surface area contributed by atoms with Crippen LogP contribution in [0.2, 0.25) is 0 Å². The molecule has 0 spiro atoms. The first kappa shape index (κ1) is 19.6. The van der Waals surface area contributed by atoms with Crippen molar-refractivity contribution in [3.8, 4) is 0 Å². The summed E-state index contributed by atoms with van der Waals surface area (Å²) in [6.45, 7) is 2.17. The van der Waals surface area contributed by atoms with Crippen LogP contribution in [0.15, 0.2) is 57.9 Å². The molecule has 0 saturated carbocycles. The lowest BCUT2D eigenvalue weighted by Crippen LogP contribution is -2.45. The van der Waals surface area contributed by atoms with Gasteiger partial charge in [-0.3, -0.25) is 4.79 Å². The zero-order valence-corrected chi connectivity index (χ0v) is 18.0. The summed E-state index contributed by atoms with van der Waals surface area (Å²) < 4.78 is 28.0. The molecule has 2 aromatic carbocycles. The molecule has 0 atom stereocenters. The lowest BCUT2D eigenvalue weighted by atomic mass is 9.94. The van der Waals surface area contributed by atoms with Gasteiger partial charge in [-0.2, -0.15) is 4.31 Å². The van der Waals surface area contributed by atoms with Crippen molar-refractivity contribution >= 4 is 31.9 Å². The van der Waals surface area contributed by atoms with E-state index in [1.54, 1.807) is 24.3 Å². The third-order valence-electron chi connectivity index (χ3n) is 5.68. The van der Waals surface area contributed by atoms with Crippen molar-refractivity contribution in [2.75, 3.05) is 19.6 Å². The van der Waals surface area contributed by atoms with Crippen molar-refractivity contribution < 1.29 is 13.2 Å². The molecule has 0 aromatic heterocycles. The Kier molecular flexibility index (Phi) is 5.58. The van der Waals surface area contributed by atoms with E-state index in [0.29, 0.717) is 37.4 Å². The van der Waals surface area contributed by atoms with Gasteiger partial charge >= 0.3 is 0 Å². The van der Waals surface area contributed by atoms with Gasteiger partial charge < -0.3 is 4.90 Å². The van der Waals surface area contributed by atoms with E-state index in [4.69, 9.17) is 0 Å². The Balaban J connectivity index is 1.40. The van der Waals surface area contributed by atoms with Crippen LogP contribution in [0.3, 0.4) is 0 Å². The number of nitrogens with zero attached hydrogens (tertiary/aromatic N) is 2. The fourth-order valence-corrected chi connectivity index (χ4v) is 6.13. The van der Waals surface area contributed by atoms with Crippen molar-refractivity contribution in [2.24, 2.45) is 5.92 Å². The highest BCUT2D eigenvalue weighted by Crippen LogP contribution is 2.28. The van der Waals surface area contributed by atoms with Crippen molar-refractivity contribution in [3.05, 3.63) is 64.1 Å². The maximum atomic E-state index is 13.0. The molecule has 2 aliphatic rings. The molecule has 1 amide bonds. The number of fused-ring (bicyclic) bond motifs is 1. The third-order valence-corrected chi connectivity index (χ3v) is 8.07. The number of halogens is 1. The van der Waals surface area contributed by atoms with Crippen LogP contribution in [0, 0.1) is 5.92 Å². The van der Waals surface area contributed by atoms with E-state index >= 15 is 0 Å². The average Bonchev–Trinajstić information content (AvgIpc) is 2.73. The second kappa shape index (κ2) is 7.97. The zero-order valence-electron chi connectivity index (χ0n) is 15.6. The van der Waals surface area contributed by atoms with Gasteiger partial charge in [-0.05, 0) is 48.6 Å². The van der Waals surface area contributed by atoms with Crippen LogP contribution in [-0.2, 0) is 27.8 Å². The monoisotopic (exact) mass is 462 g/mol. The summed E-state index contributed by atoms with van der Waals surface area (Å²) in [5.74, 6) is 0.0632. The van der Waals surface area contributed by atoms with Gasteiger partial charge in [0.2, 0.25) is 15.9 Å². The number of hydrogen-bond donors (Lipinski definition) is 0. The summed E-state index contributed by atoms with van der Waals surface area (Å²) >= 11 is 3.33. The van der Waals surface area contributed by atoms with E-state index < -0.39 is 10.0 Å². The number of carbonyl (C=O) groups is 1. The highest BCUT2D eigenvalue weighted by molar-refractivity contribution is 9.10. The van der Waals surface area contributed by atoms with E-state index in [1.807, 2.05) is 17.0 Å². The fraction of sp³-hybridized carbons (Fsp3) is 0.381. The Morgan fingerprint density at radius 3 is 2.39 bits per heavy atom. The minimum absolute atomic E-state index is 0.0979. The molecule has 2 heterocycles. The Morgan fingerprint density at radius 2 is 1.68 bits per heavy atom. The van der Waals surface area contributed by atoms with Crippen molar-refractivity contribution in [1.82, 2.24) is 9.21 Å². The van der Waals surface area contributed by atoms with Crippen LogP contribution < -0.4 is 0 Å². The number of amides is 1. The van der Waals surface area contributed by atoms with Crippen LogP contribution in [0.5, 0.6) is 0 Å². The molecular formula is C21H23BrN2O3S. The first-order valence-electron chi connectivity index (χ1n) is 9.56. The predicted molar refractivity (Wildman–Crippen MR) is 111 cm³/mol. The van der Waals surface area contributed by atoms with Gasteiger partial charge in [0.1, 0.15) is 0 Å². The lowest BCUT2D eigenvalue weighted by Gasteiger charge is -2.35. The number of hydrogen-bond acceptors (Lipinski definition) is 3. The number of piperidine rings is 1. The van der Waals surface area contributed by atoms with Crippen LogP contribution in [-0.4, -0.2) is 43.2 Å². The highest BCUT2D eigenvalue weighted by Gasteiger charge is 2.34. The summed E-state index contributed by atoms with van der Waals surface area (Å²) in [5.41, 5.74) is 2.54. The van der Waals surface area contributed by atoms with E-state index in [-0.39, 0.29) is 11.8 Å². The second-order valence-electron chi connectivity index (χ2n) is 7.41. The van der Waals surface area contributed by atoms with Gasteiger partial charge in [0, 0.05) is 36.6 Å². The van der Waals surface area contributed by atoms with E-state index in [1.165, 1.54) is 15.4 Å². The second-order valence-corrected chi connectivity index (χ2v) is 10.3. The summed E-state index contributed by atoms with van der Waals surface area (Å²) in [5, 5.41) is 0. The Labute approximate surface area is 174 Å². The average molecular weight is 463 g/mol. The first-order chi connectivity index (χ1) is 13.4. The van der Waals surface area contributed by atoms with Gasteiger partial charge in [0.15, 0.2) is 0 Å². The maximum absolute atomic E-state index is 13.0. The molecule has 0 unspecified atom stereocenters. The Bertz CT molecular complexity index is 985. The van der Waals surface area contributed by atoms with Crippen molar-refractivity contribution in [3.63, 3.8) is 0 Å². The molecule has 5 nitrogen and oxygen atoms in total. The molecule has 0 radical (unpaired) electrons. The van der Waals surface area contributed by atoms with Gasteiger partial charge in [-0.15, -0.1) is 0 Å². The predicted octanol–water partition coefficient (Wildman–Crippen LogP) is 3.43. The Hall–Kier alpha value is -1.70. The maximum Gasteiger partial charge on any atom is 0.243 e. The highest BCUT2D eigenvalue weighted by atomic mass is 79.9. The molecule has 1 saturated heterocycles. The minimum Gasteiger partial charge on any atom is -0.338 e. The SMILES string of the molecule is O=C(C1CCN(S(=O)(=O)c2cccc(Br)c2)CC1)N1CCc2ccccc2C1. The zero-order chi connectivity index (χ0) is 19.7. The largest absolute Gasteiger partial charge is 0.338 e. The van der Waals surface area contributed by atoms with Crippen molar-refractivity contribution in [2.45, 2.75) is 30.7 Å². The number of carbonyl (C=O) groups excluding carboxylic acids is 1. The normalized spacial score (nSPS) is 18.7. The summed E-state index contributed by atoms with van der Waals surface area (Å²) in [7, 11) is -3.52. The van der Waals surface area contributed by atoms with Gasteiger partial charge in [0.05, 0.1) is 4.90 Å². The molecule has 7 heteroatoms. The molecule has 0 N–H and O–H groups in total. The Morgan fingerprint density at radius 1 is 0.964 bits per heavy atom. The molecule has 0 bridgehead atoms. The van der Waals surface area contributed by atoms with Gasteiger partial charge in [-0.1, -0.05) is 46.3 Å². The molecule has 4 rings (SSSR count). The molecule has 2 aromatic rings. The molecule has 0 aliphatic carbocycles. The summed E-state index contributed by atoms with van der Waals surface area (Å²) in [6.07, 6.45) is 2.03. The summed E-state index contributed by atoms with van der Waals surface area (Å²) in [4.78, 5) is 15.2. The van der Waals surface area contributed by atoms with Crippen molar-refractivity contribution in [1.29, 1.82) is 0 Å². The third kappa shape index (κ3) is 3.88. The van der Waals surface area contributed by atoms with Crippen LogP contribution >= 0.6 is 15.9 Å². The smallest absolute Gasteiger partial charge is 0.243 e. The molecule has 2 aliphatic heterocycles. The van der Waals surface area contributed by atoms with E-state index in [0.717, 1.165) is 17.4 Å². The fourth-order valence-electron chi connectivity index (χ4n) is 4.06. The standard InChI is InChI=1S/C21H23BrN2O3S/c22-19-6-3-7-20(14-19)28(26,27)24-12-9-17(10-13-24)21(25)23-11-8-16-4-1-2-5-18(16)15-23/h1-7,14,17H,8-13,15H2. The summed E-state index contributed by atoms with van der Waals surface area (Å²) in [6, 6.07) is 15.0. The molecule has 148 valence electrons. The number of benzene rings is 2. The topological polar surface area (TPSA) is 57.7 Å². The van der Waals surface area contributed by atoms with Gasteiger partial charge in [0.25, 0.3) is 0 Å². The number of rotatable bonds is 3. The molecule has 28 heavy (non-hydrogen) atoms. The quantitative estimate of drug-likeness (QED) is 0.701. The van der Waals surface area contributed by atoms with E-state index in [2.05, 4.69) is 28.1 Å². The van der Waals surface area contributed by atoms with Gasteiger partial charge in [-0.25, -0.2) is 8.42 Å². The van der Waals surface area contributed by atoms with E-state index in [9.17, 15) is 13.2 Å². The van der Waals surface area contributed by atoms with Crippen LogP contribution in [0.1, 0.15) is 24.0 Å². The molecule has 1 fully saturated rings. The van der Waals surface area contributed by atoms with Crippen LogP contribution in [0.25, 0.3) is 0 Å². The minimum atomic E-state index is -3.52. The molecular weight excluding hydrogens is 440 g/mol. The lowest BCUT2D eigenvalue weighted by molar-refractivity contribution is -0.137. The first-order valence-corrected chi connectivity index (χ1v) is 11.8. The van der Waals surface area contributed by atoms with Crippen LogP contribution in [0.4, 0.5) is 0 Å². The number of sulfonamides is 1.